The van der Waals surface area contributed by atoms with E-state index in [1.165, 1.54) is 7.11 Å². The fraction of sp³-hybridized carbons (Fsp3) is 0.500. The lowest BCUT2D eigenvalue weighted by Crippen LogP contribution is -2.50. The van der Waals surface area contributed by atoms with E-state index in [0.29, 0.717) is 29.2 Å². The number of nitrogens with one attached hydrogen (secondary N) is 1. The first-order valence-corrected chi connectivity index (χ1v) is 6.66. The van der Waals surface area contributed by atoms with Crippen LogP contribution in [-0.4, -0.2) is 30.3 Å². The monoisotopic (exact) mass is 285 g/mol. The highest BCUT2D eigenvalue weighted by Crippen LogP contribution is 2.24. The zero-order valence-corrected chi connectivity index (χ0v) is 12.3. The summed E-state index contributed by atoms with van der Waals surface area (Å²) in [5.41, 5.74) is -0.187. The van der Waals surface area contributed by atoms with Crippen molar-refractivity contribution >= 4 is 17.5 Å². The van der Waals surface area contributed by atoms with E-state index in [9.17, 15) is 9.90 Å². The maximum atomic E-state index is 12.3. The number of ether oxygens (including phenoxy) is 1. The van der Waals surface area contributed by atoms with Gasteiger partial charge >= 0.3 is 0 Å². The van der Waals surface area contributed by atoms with Crippen LogP contribution in [-0.2, 0) is 0 Å². The highest BCUT2D eigenvalue weighted by molar-refractivity contribution is 6.30. The SMILES string of the molecule is CCC(CC)(CO)NC(=O)c1ccc(Cl)cc1OC. The van der Waals surface area contributed by atoms with Crippen molar-refractivity contribution in [3.8, 4) is 5.75 Å². The number of carbonyl (C=O) groups is 1. The van der Waals surface area contributed by atoms with Gasteiger partial charge in [-0.25, -0.2) is 0 Å². The second-order valence-corrected chi connectivity index (χ2v) is 4.88. The van der Waals surface area contributed by atoms with Gasteiger partial charge in [-0.2, -0.15) is 0 Å². The molecule has 0 bridgehead atoms. The van der Waals surface area contributed by atoms with Crippen molar-refractivity contribution in [3.05, 3.63) is 28.8 Å². The number of methoxy groups -OCH3 is 1. The minimum absolute atomic E-state index is 0.0956. The molecule has 1 aromatic rings. The van der Waals surface area contributed by atoms with Crippen LogP contribution in [0.2, 0.25) is 5.02 Å². The second kappa shape index (κ2) is 6.78. The van der Waals surface area contributed by atoms with Gasteiger partial charge in [0, 0.05) is 5.02 Å². The third kappa shape index (κ3) is 3.61. The minimum atomic E-state index is -0.596. The molecule has 0 aromatic heterocycles. The average molecular weight is 286 g/mol. The van der Waals surface area contributed by atoms with Crippen LogP contribution in [0.1, 0.15) is 37.0 Å². The summed E-state index contributed by atoms with van der Waals surface area (Å²) >= 11 is 5.86. The molecule has 0 radical (unpaired) electrons. The summed E-state index contributed by atoms with van der Waals surface area (Å²) < 4.78 is 5.15. The van der Waals surface area contributed by atoms with E-state index in [4.69, 9.17) is 16.3 Å². The first kappa shape index (κ1) is 15.8. The van der Waals surface area contributed by atoms with Gasteiger partial charge in [0.1, 0.15) is 5.75 Å². The van der Waals surface area contributed by atoms with Gasteiger partial charge in [0.25, 0.3) is 5.91 Å². The van der Waals surface area contributed by atoms with Crippen LogP contribution in [0.15, 0.2) is 18.2 Å². The molecule has 106 valence electrons. The lowest BCUT2D eigenvalue weighted by Gasteiger charge is -2.31. The van der Waals surface area contributed by atoms with Gasteiger partial charge < -0.3 is 15.2 Å². The molecule has 0 unspecified atom stereocenters. The molecule has 1 aromatic carbocycles. The van der Waals surface area contributed by atoms with Gasteiger partial charge in [0.05, 0.1) is 24.8 Å². The molecule has 4 nitrogen and oxygen atoms in total. The van der Waals surface area contributed by atoms with Crippen molar-refractivity contribution in [3.63, 3.8) is 0 Å². The Bertz CT molecular complexity index is 436. The zero-order chi connectivity index (χ0) is 14.5. The maximum Gasteiger partial charge on any atom is 0.255 e. The highest BCUT2D eigenvalue weighted by atomic mass is 35.5. The number of rotatable bonds is 6. The summed E-state index contributed by atoms with van der Waals surface area (Å²) in [6, 6.07) is 4.84. The van der Waals surface area contributed by atoms with Crippen molar-refractivity contribution < 1.29 is 14.6 Å². The molecule has 0 fully saturated rings. The topological polar surface area (TPSA) is 58.6 Å². The van der Waals surface area contributed by atoms with Crippen molar-refractivity contribution in [2.75, 3.05) is 13.7 Å². The molecule has 0 atom stereocenters. The molecule has 0 saturated heterocycles. The smallest absolute Gasteiger partial charge is 0.255 e. The predicted octanol–water partition coefficient (Wildman–Crippen LogP) is 2.63. The molecular weight excluding hydrogens is 266 g/mol. The second-order valence-electron chi connectivity index (χ2n) is 4.44. The van der Waals surface area contributed by atoms with Gasteiger partial charge in [-0.1, -0.05) is 25.4 Å². The Morgan fingerprint density at radius 3 is 2.53 bits per heavy atom. The molecule has 0 spiro atoms. The number of hydrogen-bond acceptors (Lipinski definition) is 3. The predicted molar refractivity (Wildman–Crippen MR) is 75.9 cm³/mol. The normalized spacial score (nSPS) is 11.2. The van der Waals surface area contributed by atoms with Gasteiger partial charge in [0.2, 0.25) is 0 Å². The van der Waals surface area contributed by atoms with Crippen LogP contribution in [0.25, 0.3) is 0 Å². The molecule has 0 aliphatic heterocycles. The maximum absolute atomic E-state index is 12.3. The fourth-order valence-electron chi connectivity index (χ4n) is 1.85. The van der Waals surface area contributed by atoms with E-state index in [-0.39, 0.29) is 12.5 Å². The van der Waals surface area contributed by atoms with Gasteiger partial charge in [-0.3, -0.25) is 4.79 Å². The largest absolute Gasteiger partial charge is 0.496 e. The summed E-state index contributed by atoms with van der Waals surface area (Å²) in [6.07, 6.45) is 1.31. The third-order valence-corrected chi connectivity index (χ3v) is 3.68. The average Bonchev–Trinajstić information content (AvgIpc) is 2.44. The fourth-order valence-corrected chi connectivity index (χ4v) is 2.01. The Morgan fingerprint density at radius 2 is 2.05 bits per heavy atom. The quantitative estimate of drug-likeness (QED) is 0.845. The molecule has 0 saturated carbocycles. The lowest BCUT2D eigenvalue weighted by molar-refractivity contribution is 0.0815. The van der Waals surface area contributed by atoms with E-state index < -0.39 is 5.54 Å². The van der Waals surface area contributed by atoms with Gasteiger partial charge in [-0.05, 0) is 31.0 Å². The highest BCUT2D eigenvalue weighted by Gasteiger charge is 2.28. The number of aliphatic hydroxyl groups is 1. The third-order valence-electron chi connectivity index (χ3n) is 3.44. The molecule has 5 heteroatoms. The van der Waals surface area contributed by atoms with Gasteiger partial charge in [-0.15, -0.1) is 0 Å². The van der Waals surface area contributed by atoms with Crippen LogP contribution in [0, 0.1) is 0 Å². The summed E-state index contributed by atoms with van der Waals surface area (Å²) in [6.45, 7) is 3.76. The van der Waals surface area contributed by atoms with E-state index >= 15 is 0 Å². The van der Waals surface area contributed by atoms with Crippen LogP contribution in [0.5, 0.6) is 5.75 Å². The molecule has 1 amide bonds. The molecule has 0 aliphatic rings. The van der Waals surface area contributed by atoms with E-state index in [0.717, 1.165) is 0 Å². The van der Waals surface area contributed by atoms with E-state index in [2.05, 4.69) is 5.32 Å². The van der Waals surface area contributed by atoms with Crippen LogP contribution >= 0.6 is 11.6 Å². The van der Waals surface area contributed by atoms with Crippen molar-refractivity contribution in [2.24, 2.45) is 0 Å². The number of amides is 1. The molecule has 0 heterocycles. The summed E-state index contributed by atoms with van der Waals surface area (Å²) in [5.74, 6) is 0.148. The Labute approximate surface area is 118 Å². The molecular formula is C14H20ClNO3. The van der Waals surface area contributed by atoms with E-state index in [1.807, 2.05) is 13.8 Å². The Morgan fingerprint density at radius 1 is 1.42 bits per heavy atom. The van der Waals surface area contributed by atoms with Crippen molar-refractivity contribution in [1.29, 1.82) is 0 Å². The minimum Gasteiger partial charge on any atom is -0.496 e. The number of benzene rings is 1. The Hall–Kier alpha value is -1.26. The Kier molecular flexibility index (Phi) is 5.63. The molecule has 2 N–H and O–H groups in total. The van der Waals surface area contributed by atoms with Crippen molar-refractivity contribution in [1.82, 2.24) is 5.32 Å². The van der Waals surface area contributed by atoms with Crippen molar-refractivity contribution in [2.45, 2.75) is 32.2 Å². The standard InChI is InChI=1S/C14H20ClNO3/c1-4-14(5-2,9-17)16-13(18)11-7-6-10(15)8-12(11)19-3/h6-8,17H,4-5,9H2,1-3H3,(H,16,18). The molecule has 0 aliphatic carbocycles. The number of aliphatic hydroxyl groups excluding tert-OH is 1. The number of carbonyl (C=O) groups excluding carboxylic acids is 1. The zero-order valence-electron chi connectivity index (χ0n) is 11.5. The Balaban J connectivity index is 3.01. The number of halogens is 1. The first-order valence-electron chi connectivity index (χ1n) is 6.28. The summed E-state index contributed by atoms with van der Waals surface area (Å²) in [7, 11) is 1.49. The van der Waals surface area contributed by atoms with Crippen LogP contribution in [0.4, 0.5) is 0 Å². The first-order chi connectivity index (χ1) is 9.01. The number of hydrogen-bond donors (Lipinski definition) is 2. The summed E-state index contributed by atoms with van der Waals surface area (Å²) in [4.78, 5) is 12.3. The van der Waals surface area contributed by atoms with Gasteiger partial charge in [0.15, 0.2) is 0 Å². The molecule has 19 heavy (non-hydrogen) atoms. The van der Waals surface area contributed by atoms with E-state index in [1.54, 1.807) is 18.2 Å². The molecule has 1 rings (SSSR count). The summed E-state index contributed by atoms with van der Waals surface area (Å²) in [5, 5.41) is 12.9. The van der Waals surface area contributed by atoms with Crippen LogP contribution < -0.4 is 10.1 Å². The van der Waals surface area contributed by atoms with Crippen LogP contribution in [0.3, 0.4) is 0 Å². The lowest BCUT2D eigenvalue weighted by atomic mass is 9.93.